The van der Waals surface area contributed by atoms with E-state index in [9.17, 15) is 0 Å². The van der Waals surface area contributed by atoms with Crippen LogP contribution in [0.15, 0.2) is 182 Å². The molecule has 0 radical (unpaired) electrons. The van der Waals surface area contributed by atoms with Gasteiger partial charge in [-0.05, 0) is 0 Å². The van der Waals surface area contributed by atoms with Crippen LogP contribution in [0, 0.1) is 0 Å². The maximum absolute atomic E-state index is 16.6. The summed E-state index contributed by atoms with van der Waals surface area (Å²) in [6.45, 7) is 0. The van der Waals surface area contributed by atoms with Gasteiger partial charge in [0.2, 0.25) is 0 Å². The Balaban J connectivity index is 1.66. The van der Waals surface area contributed by atoms with E-state index in [2.05, 4.69) is 170 Å². The zero-order valence-corrected chi connectivity index (χ0v) is 30.0. The molecule has 6 heteroatoms. The van der Waals surface area contributed by atoms with E-state index in [1.165, 1.54) is 19.5 Å². The molecule has 0 saturated heterocycles. The van der Waals surface area contributed by atoms with Crippen molar-refractivity contribution in [3.63, 3.8) is 0 Å². The Morgan fingerprint density at radius 2 is 0.744 bits per heavy atom. The molecular formula is C37H33OP3Se2. The second-order valence-corrected chi connectivity index (χ2v) is 34.5. The van der Waals surface area contributed by atoms with Gasteiger partial charge in [0.15, 0.2) is 0 Å². The molecule has 6 aromatic rings. The van der Waals surface area contributed by atoms with Gasteiger partial charge in [-0.25, -0.2) is 0 Å². The summed E-state index contributed by atoms with van der Waals surface area (Å²) in [5.74, 6) is 0. The minimum absolute atomic E-state index is 0.0394. The molecule has 0 N–H and O–H groups in total. The van der Waals surface area contributed by atoms with Gasteiger partial charge < -0.3 is 0 Å². The first-order valence-corrected chi connectivity index (χ1v) is 26.7. The third-order valence-electron chi connectivity index (χ3n) is 7.22. The van der Waals surface area contributed by atoms with Crippen molar-refractivity contribution in [1.29, 1.82) is 0 Å². The van der Waals surface area contributed by atoms with Crippen LogP contribution < -0.4 is 30.1 Å². The molecule has 0 heterocycles. The molecular weight excluding hydrogens is 711 g/mol. The third kappa shape index (κ3) is 7.23. The van der Waals surface area contributed by atoms with Crippen molar-refractivity contribution in [1.82, 2.24) is 0 Å². The van der Waals surface area contributed by atoms with Crippen molar-refractivity contribution in [2.24, 2.45) is 0 Å². The van der Waals surface area contributed by atoms with Crippen LogP contribution in [0.3, 0.4) is 0 Å². The van der Waals surface area contributed by atoms with Gasteiger partial charge in [-0.2, -0.15) is 0 Å². The van der Waals surface area contributed by atoms with Crippen molar-refractivity contribution in [2.75, 3.05) is 0 Å². The van der Waals surface area contributed by atoms with E-state index in [1.54, 1.807) is 0 Å². The number of hydrogen-bond acceptors (Lipinski definition) is 1. The number of benzene rings is 6. The standard InChI is InChI=1S/C37H33OP3Se2/c38-41(33-23-11-3-12-24-33,34-25-13-4-14-26-34)37(39(31-19-7-1-8-20-31)32-21-9-2-10-22-32)40(42-35-27-15-5-16-28-35)43-36-29-17-6-18-30-36/h1-30,37H,40H2. The summed E-state index contributed by atoms with van der Waals surface area (Å²) in [7, 11) is -4.08. The summed E-state index contributed by atoms with van der Waals surface area (Å²) in [6, 6.07) is 64.8. The van der Waals surface area contributed by atoms with Crippen molar-refractivity contribution in [2.45, 2.75) is 5.14 Å². The van der Waals surface area contributed by atoms with Gasteiger partial charge >= 0.3 is 271 Å². The summed E-state index contributed by atoms with van der Waals surface area (Å²) in [6.07, 6.45) is 0. The van der Waals surface area contributed by atoms with Gasteiger partial charge in [-0.15, -0.1) is 0 Å². The number of rotatable bonds is 11. The second-order valence-electron chi connectivity index (χ2n) is 10.0. The van der Waals surface area contributed by atoms with Crippen LogP contribution in [0.1, 0.15) is 0 Å². The molecule has 0 aliphatic heterocycles. The van der Waals surface area contributed by atoms with Gasteiger partial charge in [0, 0.05) is 0 Å². The van der Waals surface area contributed by atoms with Gasteiger partial charge in [0.05, 0.1) is 0 Å². The average molecular weight is 745 g/mol. The normalized spacial score (nSPS) is 12.5. The molecule has 6 aromatic carbocycles. The second kappa shape index (κ2) is 15.0. The summed E-state index contributed by atoms with van der Waals surface area (Å²) in [5.41, 5.74) is 0. The predicted molar refractivity (Wildman–Crippen MR) is 196 cm³/mol. The molecule has 0 amide bonds. The summed E-state index contributed by atoms with van der Waals surface area (Å²) in [4.78, 5) is 0. The quantitative estimate of drug-likeness (QED) is 0.113. The average Bonchev–Trinajstić information content (AvgIpc) is 3.09. The molecule has 214 valence electrons. The van der Waals surface area contributed by atoms with Crippen LogP contribution in [0.4, 0.5) is 0 Å². The first-order chi connectivity index (χ1) is 21.2. The monoisotopic (exact) mass is 746 g/mol. The summed E-state index contributed by atoms with van der Waals surface area (Å²) < 4.78 is 19.4. The molecule has 6 rings (SSSR count). The maximum atomic E-state index is 16.6. The topological polar surface area (TPSA) is 17.1 Å². The Hall–Kier alpha value is -2.55. The predicted octanol–water partition coefficient (Wildman–Crippen LogP) is 6.25. The molecule has 1 nitrogen and oxygen atoms in total. The molecule has 0 aromatic heterocycles. The van der Waals surface area contributed by atoms with Gasteiger partial charge in [-0.3, -0.25) is 0 Å². The van der Waals surface area contributed by atoms with E-state index in [0.29, 0.717) is 0 Å². The van der Waals surface area contributed by atoms with Crippen molar-refractivity contribution in [3.8, 4) is 0 Å². The fourth-order valence-corrected chi connectivity index (χ4v) is 49.3. The molecule has 0 saturated carbocycles. The first-order valence-electron chi connectivity index (χ1n) is 14.3. The molecule has 0 fully saturated rings. The molecule has 0 bridgehead atoms. The SMILES string of the molecule is O=P(c1ccccc1)(c1ccccc1)C(P(c1ccccc1)c1ccccc1)[PH2]([Se]c1ccccc1)[Se]c1ccccc1. The van der Waals surface area contributed by atoms with Gasteiger partial charge in [0.1, 0.15) is 0 Å². The Morgan fingerprint density at radius 1 is 0.442 bits per heavy atom. The van der Waals surface area contributed by atoms with Crippen LogP contribution in [0.5, 0.6) is 0 Å². The van der Waals surface area contributed by atoms with Crippen LogP contribution in [-0.4, -0.2) is 34.2 Å². The van der Waals surface area contributed by atoms with E-state index < -0.39 is 20.4 Å². The van der Waals surface area contributed by atoms with E-state index in [-0.39, 0.29) is 34.2 Å². The third-order valence-corrected chi connectivity index (χ3v) is 42.1. The molecule has 0 aliphatic rings. The Bertz CT molecular complexity index is 1620. The molecule has 0 aliphatic carbocycles. The fourth-order valence-electron chi connectivity index (χ4n) is 5.25. The Kier molecular flexibility index (Phi) is 10.6. The Labute approximate surface area is 269 Å². The van der Waals surface area contributed by atoms with Crippen molar-refractivity contribution in [3.05, 3.63) is 182 Å². The van der Waals surface area contributed by atoms with E-state index >= 15 is 4.57 Å². The Morgan fingerprint density at radius 3 is 1.09 bits per heavy atom. The zero-order chi connectivity index (χ0) is 29.3. The zero-order valence-electron chi connectivity index (χ0n) is 23.6. The molecule has 43 heavy (non-hydrogen) atoms. The number of hydrogen-bond donors (Lipinski definition) is 0. The minimum atomic E-state index is -3.13. The van der Waals surface area contributed by atoms with Crippen molar-refractivity contribution >= 4 is 79.5 Å². The van der Waals surface area contributed by atoms with Crippen LogP contribution in [0.2, 0.25) is 0 Å². The van der Waals surface area contributed by atoms with Crippen LogP contribution in [0.25, 0.3) is 0 Å². The van der Waals surface area contributed by atoms with Crippen molar-refractivity contribution < 1.29 is 4.57 Å². The van der Waals surface area contributed by atoms with E-state index in [0.717, 1.165) is 10.6 Å². The summed E-state index contributed by atoms with van der Waals surface area (Å²) in [5, 5.41) is 2.85. The fraction of sp³-hybridized carbons (Fsp3) is 0.0270. The van der Waals surface area contributed by atoms with E-state index in [1.807, 2.05) is 12.1 Å². The van der Waals surface area contributed by atoms with Crippen LogP contribution in [-0.2, 0) is 4.57 Å². The first kappa shape index (κ1) is 30.5. The summed E-state index contributed by atoms with van der Waals surface area (Å²) >= 11 is 0.455. The molecule has 1 unspecified atom stereocenters. The molecule has 1 atom stereocenters. The molecule has 0 spiro atoms. The van der Waals surface area contributed by atoms with E-state index in [4.69, 9.17) is 0 Å². The van der Waals surface area contributed by atoms with Gasteiger partial charge in [-0.1, -0.05) is 0 Å². The van der Waals surface area contributed by atoms with Gasteiger partial charge in [0.25, 0.3) is 0 Å². The van der Waals surface area contributed by atoms with Crippen LogP contribution >= 0.6 is 20.4 Å².